The predicted molar refractivity (Wildman–Crippen MR) is 162 cm³/mol. The zero-order valence-electron chi connectivity index (χ0n) is 23.4. The molecule has 3 aromatic carbocycles. The first-order valence-electron chi connectivity index (χ1n) is 13.4. The molecule has 5 aromatic rings. The number of rotatable bonds is 8. The van der Waals surface area contributed by atoms with Gasteiger partial charge in [0.1, 0.15) is 17.2 Å². The van der Waals surface area contributed by atoms with Crippen LogP contribution in [0.1, 0.15) is 33.8 Å². The zero-order chi connectivity index (χ0) is 29.9. The molecule has 8 nitrogen and oxygen atoms in total. The van der Waals surface area contributed by atoms with Crippen LogP contribution in [0.25, 0.3) is 29.0 Å². The van der Waals surface area contributed by atoms with Gasteiger partial charge in [0.25, 0.3) is 10.0 Å². The molecule has 42 heavy (non-hydrogen) atoms. The molecule has 0 radical (unpaired) electrons. The van der Waals surface area contributed by atoms with E-state index >= 15 is 0 Å². The molecule has 214 valence electrons. The van der Waals surface area contributed by atoms with E-state index in [-0.39, 0.29) is 17.3 Å². The number of nitrogens with zero attached hydrogens (tertiary/aromatic N) is 3. The fourth-order valence-corrected chi connectivity index (χ4v) is 5.48. The van der Waals surface area contributed by atoms with Crippen molar-refractivity contribution < 1.29 is 17.6 Å². The van der Waals surface area contributed by atoms with Crippen molar-refractivity contribution in [3.8, 4) is 5.69 Å². The van der Waals surface area contributed by atoms with Gasteiger partial charge in [0.15, 0.2) is 5.65 Å². The molecule has 0 atom stereocenters. The molecular formula is C32H30FN5O3S. The summed E-state index contributed by atoms with van der Waals surface area (Å²) in [7, 11) is -3.95. The standard InChI is InChI=1S/C32H30FN5O3S/c1-21-4-15-28(16-5-21)42(40,41)37-32(39)34-19-18-25-8-13-27(14-9-25)38-29(17-10-24-6-11-26(33)12-7-24)36-30-22(2)20-23(3)35-31(30)38/h4-17,20H,18-19H2,1-3H3,(H2,34,37,39). The number of halogens is 1. The minimum Gasteiger partial charge on any atom is -0.337 e. The minimum absolute atomic E-state index is 0.0256. The van der Waals surface area contributed by atoms with E-state index < -0.39 is 16.1 Å². The Hall–Kier alpha value is -4.83. The Bertz CT molecular complexity index is 1880. The molecule has 0 saturated carbocycles. The van der Waals surface area contributed by atoms with Crippen molar-refractivity contribution in [3.63, 3.8) is 0 Å². The van der Waals surface area contributed by atoms with Crippen LogP contribution in [0.2, 0.25) is 0 Å². The van der Waals surface area contributed by atoms with E-state index in [1.54, 1.807) is 24.3 Å². The van der Waals surface area contributed by atoms with Gasteiger partial charge in [-0.1, -0.05) is 48.0 Å². The number of aromatic nitrogens is 3. The lowest BCUT2D eigenvalue weighted by Gasteiger charge is -2.10. The highest BCUT2D eigenvalue weighted by atomic mass is 32.2. The quantitative estimate of drug-likeness (QED) is 0.237. The number of benzene rings is 3. The summed E-state index contributed by atoms with van der Waals surface area (Å²) in [5.41, 5.74) is 6.98. The van der Waals surface area contributed by atoms with Gasteiger partial charge in [0.2, 0.25) is 0 Å². The van der Waals surface area contributed by atoms with Gasteiger partial charge in [-0.25, -0.2) is 32.3 Å². The molecule has 2 aromatic heterocycles. The maximum absolute atomic E-state index is 13.4. The summed E-state index contributed by atoms with van der Waals surface area (Å²) in [6, 6.07) is 21.5. The minimum atomic E-state index is -3.95. The molecule has 0 fully saturated rings. The molecule has 0 unspecified atom stereocenters. The van der Waals surface area contributed by atoms with Gasteiger partial charge in [-0.3, -0.25) is 4.57 Å². The lowest BCUT2D eigenvalue weighted by molar-refractivity contribution is 0.246. The van der Waals surface area contributed by atoms with E-state index in [0.29, 0.717) is 12.2 Å². The Kier molecular flexibility index (Phi) is 8.17. The number of hydrogen-bond donors (Lipinski definition) is 2. The fourth-order valence-electron chi connectivity index (χ4n) is 4.55. The molecule has 0 saturated heterocycles. The van der Waals surface area contributed by atoms with Gasteiger partial charge in [0.05, 0.1) is 4.90 Å². The lowest BCUT2D eigenvalue weighted by Crippen LogP contribution is -2.40. The topological polar surface area (TPSA) is 106 Å². The molecule has 2 amide bonds. The summed E-state index contributed by atoms with van der Waals surface area (Å²) in [6.45, 7) is 6.04. The highest BCUT2D eigenvalue weighted by Gasteiger charge is 2.17. The van der Waals surface area contributed by atoms with E-state index in [9.17, 15) is 17.6 Å². The van der Waals surface area contributed by atoms with E-state index in [0.717, 1.165) is 44.8 Å². The largest absolute Gasteiger partial charge is 0.337 e. The average molecular weight is 584 g/mol. The lowest BCUT2D eigenvalue weighted by atomic mass is 10.1. The molecule has 0 spiro atoms. The number of nitrogens with one attached hydrogen (secondary N) is 2. The molecule has 10 heteroatoms. The van der Waals surface area contributed by atoms with Gasteiger partial charge in [0, 0.05) is 17.9 Å². The third kappa shape index (κ3) is 6.55. The van der Waals surface area contributed by atoms with Crippen LogP contribution in [-0.2, 0) is 16.4 Å². The number of amides is 2. The van der Waals surface area contributed by atoms with Crippen LogP contribution in [0.5, 0.6) is 0 Å². The summed E-state index contributed by atoms with van der Waals surface area (Å²) in [6.07, 6.45) is 4.25. The van der Waals surface area contributed by atoms with Crippen molar-refractivity contribution in [1.29, 1.82) is 0 Å². The van der Waals surface area contributed by atoms with E-state index in [2.05, 4.69) is 5.32 Å². The molecule has 5 rings (SSSR count). The number of hydrogen-bond acceptors (Lipinski definition) is 5. The van der Waals surface area contributed by atoms with Gasteiger partial charge < -0.3 is 5.32 Å². The molecule has 2 heterocycles. The average Bonchev–Trinajstić information content (AvgIpc) is 3.31. The van der Waals surface area contributed by atoms with Crippen molar-refractivity contribution in [2.24, 2.45) is 0 Å². The van der Waals surface area contributed by atoms with Crippen molar-refractivity contribution in [1.82, 2.24) is 24.6 Å². The van der Waals surface area contributed by atoms with Crippen molar-refractivity contribution >= 4 is 39.4 Å². The van der Waals surface area contributed by atoms with E-state index in [1.165, 1.54) is 24.3 Å². The first kappa shape index (κ1) is 28.7. The highest BCUT2D eigenvalue weighted by Crippen LogP contribution is 2.25. The van der Waals surface area contributed by atoms with Crippen LogP contribution in [0.3, 0.4) is 0 Å². The maximum Gasteiger partial charge on any atom is 0.328 e. The Morgan fingerprint density at radius 1 is 0.905 bits per heavy atom. The fraction of sp³-hybridized carbons (Fsp3) is 0.156. The summed E-state index contributed by atoms with van der Waals surface area (Å²) in [4.78, 5) is 21.9. The number of aryl methyl sites for hydroxylation is 3. The van der Waals surface area contributed by atoms with Crippen molar-refractivity contribution in [2.45, 2.75) is 32.1 Å². The van der Waals surface area contributed by atoms with E-state index in [1.807, 2.05) is 72.5 Å². The normalized spacial score (nSPS) is 11.7. The number of urea groups is 1. The number of imidazole rings is 1. The number of pyridine rings is 1. The van der Waals surface area contributed by atoms with Crippen LogP contribution in [-0.4, -0.2) is 35.5 Å². The first-order valence-corrected chi connectivity index (χ1v) is 14.8. The number of sulfonamides is 1. The third-order valence-electron chi connectivity index (χ3n) is 6.71. The van der Waals surface area contributed by atoms with Gasteiger partial charge in [-0.2, -0.15) is 0 Å². The number of fused-ring (bicyclic) bond motifs is 1. The van der Waals surface area contributed by atoms with Gasteiger partial charge in [-0.15, -0.1) is 0 Å². The Balaban J connectivity index is 1.31. The second-order valence-electron chi connectivity index (χ2n) is 10.0. The second kappa shape index (κ2) is 12.0. The first-order chi connectivity index (χ1) is 20.1. The molecule has 0 aliphatic carbocycles. The van der Waals surface area contributed by atoms with Crippen LogP contribution in [0, 0.1) is 26.6 Å². The number of carbonyl (C=O) groups is 1. The Morgan fingerprint density at radius 3 is 2.29 bits per heavy atom. The smallest absolute Gasteiger partial charge is 0.328 e. The molecular weight excluding hydrogens is 553 g/mol. The Morgan fingerprint density at radius 2 is 1.60 bits per heavy atom. The molecule has 0 aliphatic rings. The molecule has 0 aliphatic heterocycles. The van der Waals surface area contributed by atoms with E-state index in [4.69, 9.17) is 9.97 Å². The summed E-state index contributed by atoms with van der Waals surface area (Å²) >= 11 is 0. The SMILES string of the molecule is Cc1ccc(S(=O)(=O)NC(=O)NCCc2ccc(-n3c(C=Cc4ccc(F)cc4)nc4c(C)cc(C)nc43)cc2)cc1. The number of carbonyl (C=O) groups excluding carboxylic acids is 1. The summed E-state index contributed by atoms with van der Waals surface area (Å²) in [5, 5.41) is 2.61. The van der Waals surface area contributed by atoms with Crippen LogP contribution >= 0.6 is 0 Å². The third-order valence-corrected chi connectivity index (χ3v) is 8.05. The molecule has 0 bridgehead atoms. The van der Waals surface area contributed by atoms with Crippen molar-refractivity contribution in [3.05, 3.63) is 118 Å². The monoisotopic (exact) mass is 583 g/mol. The van der Waals surface area contributed by atoms with Crippen LogP contribution in [0.4, 0.5) is 9.18 Å². The summed E-state index contributed by atoms with van der Waals surface area (Å²) in [5.74, 6) is 0.384. The van der Waals surface area contributed by atoms with Crippen LogP contribution < -0.4 is 10.0 Å². The van der Waals surface area contributed by atoms with Gasteiger partial charge in [-0.05, 0) is 92.4 Å². The Labute approximate surface area is 244 Å². The second-order valence-corrected chi connectivity index (χ2v) is 11.7. The zero-order valence-corrected chi connectivity index (χ0v) is 24.2. The predicted octanol–water partition coefficient (Wildman–Crippen LogP) is 5.89. The van der Waals surface area contributed by atoms with Gasteiger partial charge >= 0.3 is 6.03 Å². The maximum atomic E-state index is 13.4. The summed E-state index contributed by atoms with van der Waals surface area (Å²) < 4.78 is 42.2. The molecule has 2 N–H and O–H groups in total. The van der Waals surface area contributed by atoms with Crippen molar-refractivity contribution in [2.75, 3.05) is 6.54 Å². The highest BCUT2D eigenvalue weighted by molar-refractivity contribution is 7.90. The van der Waals surface area contributed by atoms with Crippen LogP contribution in [0.15, 0.2) is 83.8 Å².